The summed E-state index contributed by atoms with van der Waals surface area (Å²) in [5.74, 6) is 1.01. The lowest BCUT2D eigenvalue weighted by Crippen LogP contribution is -2.15. The number of ketones is 1. The van der Waals surface area contributed by atoms with E-state index in [9.17, 15) is 4.79 Å². The molecule has 1 atom stereocenters. The molecule has 2 heteroatoms. The Balaban J connectivity index is 2.59. The van der Waals surface area contributed by atoms with Crippen molar-refractivity contribution in [2.75, 3.05) is 0 Å². The van der Waals surface area contributed by atoms with Crippen LogP contribution < -0.4 is 4.74 Å². The maximum Gasteiger partial charge on any atom is 0.133 e. The van der Waals surface area contributed by atoms with Crippen LogP contribution in [0.3, 0.4) is 0 Å². The second-order valence-electron chi connectivity index (χ2n) is 3.84. The molecule has 0 heterocycles. The van der Waals surface area contributed by atoms with E-state index in [2.05, 4.69) is 13.0 Å². The minimum Gasteiger partial charge on any atom is -0.490 e. The molecule has 0 N–H and O–H groups in total. The monoisotopic (exact) mass is 206 g/mol. The molecular formula is C13H18O2. The number of rotatable bonds is 5. The highest BCUT2D eigenvalue weighted by Crippen LogP contribution is 2.16. The summed E-state index contributed by atoms with van der Waals surface area (Å²) in [5, 5.41) is 0. The predicted octanol–water partition coefficient (Wildman–Crippen LogP) is 3.00. The van der Waals surface area contributed by atoms with Crippen LogP contribution in [0.5, 0.6) is 5.75 Å². The molecule has 1 unspecified atom stereocenters. The quantitative estimate of drug-likeness (QED) is 0.740. The van der Waals surface area contributed by atoms with Crippen LogP contribution >= 0.6 is 0 Å². The first-order valence-electron chi connectivity index (χ1n) is 5.37. The average molecular weight is 206 g/mol. The fraction of sp³-hybridized carbons (Fsp3) is 0.462. The van der Waals surface area contributed by atoms with Crippen molar-refractivity contribution in [1.29, 1.82) is 0 Å². The van der Waals surface area contributed by atoms with Crippen molar-refractivity contribution >= 4 is 5.78 Å². The Hall–Kier alpha value is -1.31. The zero-order chi connectivity index (χ0) is 11.3. The Morgan fingerprint density at radius 1 is 1.47 bits per heavy atom. The number of benzene rings is 1. The molecule has 0 aliphatic heterocycles. The number of carbonyl (C=O) groups is 1. The fourth-order valence-corrected chi connectivity index (χ4v) is 1.52. The summed E-state index contributed by atoms with van der Waals surface area (Å²) in [4.78, 5) is 10.9. The van der Waals surface area contributed by atoms with E-state index >= 15 is 0 Å². The van der Waals surface area contributed by atoms with Crippen molar-refractivity contribution in [3.05, 3.63) is 29.8 Å². The lowest BCUT2D eigenvalue weighted by molar-refractivity contribution is -0.118. The van der Waals surface area contributed by atoms with Gasteiger partial charge in [-0.15, -0.1) is 0 Å². The van der Waals surface area contributed by atoms with E-state index in [0.717, 1.165) is 12.2 Å². The second kappa shape index (κ2) is 5.54. The Bertz CT molecular complexity index is 331. The third-order valence-electron chi connectivity index (χ3n) is 2.22. The minimum absolute atomic E-state index is 0.0467. The number of ether oxygens (including phenoxy) is 1. The number of Topliss-reactive ketones (excluding diaryl/α,β-unsaturated/α-hetero) is 1. The van der Waals surface area contributed by atoms with Gasteiger partial charge in [0.15, 0.2) is 0 Å². The van der Waals surface area contributed by atoms with Gasteiger partial charge in [-0.25, -0.2) is 0 Å². The van der Waals surface area contributed by atoms with Gasteiger partial charge >= 0.3 is 0 Å². The van der Waals surface area contributed by atoms with Crippen LogP contribution in [0.25, 0.3) is 0 Å². The Labute approximate surface area is 91.3 Å². The standard InChI is InChI=1S/C13H18O2/c1-4-12-6-5-7-13(9-12)15-11(3)8-10(2)14/h5-7,9,11H,4,8H2,1-3H3. The minimum atomic E-state index is -0.0467. The Kier molecular flexibility index (Phi) is 4.35. The van der Waals surface area contributed by atoms with Crippen LogP contribution in [0.1, 0.15) is 32.8 Å². The van der Waals surface area contributed by atoms with E-state index in [1.54, 1.807) is 6.92 Å². The normalized spacial score (nSPS) is 12.2. The fourth-order valence-electron chi connectivity index (χ4n) is 1.52. The van der Waals surface area contributed by atoms with Gasteiger partial charge in [0.25, 0.3) is 0 Å². The van der Waals surface area contributed by atoms with Gasteiger partial charge in [0.05, 0.1) is 0 Å². The molecule has 0 fully saturated rings. The molecule has 0 aliphatic rings. The van der Waals surface area contributed by atoms with E-state index in [0.29, 0.717) is 6.42 Å². The van der Waals surface area contributed by atoms with Gasteiger partial charge in [-0.05, 0) is 38.0 Å². The highest BCUT2D eigenvalue weighted by atomic mass is 16.5. The molecule has 15 heavy (non-hydrogen) atoms. The van der Waals surface area contributed by atoms with Crippen molar-refractivity contribution < 1.29 is 9.53 Å². The number of hydrogen-bond donors (Lipinski definition) is 0. The van der Waals surface area contributed by atoms with Gasteiger partial charge in [-0.2, -0.15) is 0 Å². The molecule has 0 saturated heterocycles. The van der Waals surface area contributed by atoms with Gasteiger partial charge in [0.2, 0.25) is 0 Å². The van der Waals surface area contributed by atoms with Crippen LogP contribution in [0.15, 0.2) is 24.3 Å². The molecule has 0 aliphatic carbocycles. The largest absolute Gasteiger partial charge is 0.490 e. The maximum absolute atomic E-state index is 10.9. The molecule has 0 bridgehead atoms. The number of hydrogen-bond acceptors (Lipinski definition) is 2. The summed E-state index contributed by atoms with van der Waals surface area (Å²) < 4.78 is 5.65. The smallest absolute Gasteiger partial charge is 0.133 e. The van der Waals surface area contributed by atoms with Gasteiger partial charge in [-0.3, -0.25) is 4.79 Å². The van der Waals surface area contributed by atoms with Gasteiger partial charge < -0.3 is 4.74 Å². The predicted molar refractivity (Wildman–Crippen MR) is 61.2 cm³/mol. The lowest BCUT2D eigenvalue weighted by atomic mass is 10.1. The molecule has 0 saturated carbocycles. The molecule has 82 valence electrons. The third kappa shape index (κ3) is 4.15. The topological polar surface area (TPSA) is 26.3 Å². The average Bonchev–Trinajstić information content (AvgIpc) is 2.16. The lowest BCUT2D eigenvalue weighted by Gasteiger charge is -2.13. The first-order chi connectivity index (χ1) is 7.11. The van der Waals surface area contributed by atoms with Crippen molar-refractivity contribution in [1.82, 2.24) is 0 Å². The molecule has 1 aromatic rings. The Morgan fingerprint density at radius 3 is 2.80 bits per heavy atom. The van der Waals surface area contributed by atoms with Crippen LogP contribution in [-0.4, -0.2) is 11.9 Å². The van der Waals surface area contributed by atoms with Gasteiger partial charge in [-0.1, -0.05) is 19.1 Å². The van der Waals surface area contributed by atoms with E-state index in [1.807, 2.05) is 25.1 Å². The molecule has 0 aromatic heterocycles. The summed E-state index contributed by atoms with van der Waals surface area (Å²) in [6.07, 6.45) is 1.42. The van der Waals surface area contributed by atoms with Crippen molar-refractivity contribution in [2.24, 2.45) is 0 Å². The maximum atomic E-state index is 10.9. The molecule has 0 spiro atoms. The summed E-state index contributed by atoms with van der Waals surface area (Å²) in [7, 11) is 0. The molecule has 0 radical (unpaired) electrons. The van der Waals surface area contributed by atoms with Crippen LogP contribution in [0, 0.1) is 0 Å². The molecule has 1 aromatic carbocycles. The summed E-state index contributed by atoms with van der Waals surface area (Å²) in [6.45, 7) is 5.61. The van der Waals surface area contributed by atoms with E-state index in [4.69, 9.17) is 4.74 Å². The summed E-state index contributed by atoms with van der Waals surface area (Å²) >= 11 is 0. The molecule has 2 nitrogen and oxygen atoms in total. The molecule has 1 rings (SSSR count). The van der Waals surface area contributed by atoms with Gasteiger partial charge in [0.1, 0.15) is 17.6 Å². The van der Waals surface area contributed by atoms with E-state index < -0.39 is 0 Å². The molecule has 0 amide bonds. The summed E-state index contributed by atoms with van der Waals surface area (Å²) in [5.41, 5.74) is 1.25. The second-order valence-corrected chi connectivity index (χ2v) is 3.84. The van der Waals surface area contributed by atoms with Crippen molar-refractivity contribution in [2.45, 2.75) is 39.7 Å². The SMILES string of the molecule is CCc1cccc(OC(C)CC(C)=O)c1. The zero-order valence-corrected chi connectivity index (χ0v) is 9.62. The van der Waals surface area contributed by atoms with Crippen LogP contribution in [0.2, 0.25) is 0 Å². The van der Waals surface area contributed by atoms with E-state index in [1.165, 1.54) is 5.56 Å². The van der Waals surface area contributed by atoms with Crippen molar-refractivity contribution in [3.8, 4) is 5.75 Å². The van der Waals surface area contributed by atoms with E-state index in [-0.39, 0.29) is 11.9 Å². The first-order valence-corrected chi connectivity index (χ1v) is 5.37. The zero-order valence-electron chi connectivity index (χ0n) is 9.62. The Morgan fingerprint density at radius 2 is 2.20 bits per heavy atom. The van der Waals surface area contributed by atoms with Crippen LogP contribution in [0.4, 0.5) is 0 Å². The number of aryl methyl sites for hydroxylation is 1. The van der Waals surface area contributed by atoms with Crippen molar-refractivity contribution in [3.63, 3.8) is 0 Å². The van der Waals surface area contributed by atoms with Crippen LogP contribution in [-0.2, 0) is 11.2 Å². The summed E-state index contributed by atoms with van der Waals surface area (Å²) in [6, 6.07) is 8.00. The third-order valence-corrected chi connectivity index (χ3v) is 2.22. The highest BCUT2D eigenvalue weighted by Gasteiger charge is 2.06. The number of carbonyl (C=O) groups excluding carboxylic acids is 1. The van der Waals surface area contributed by atoms with Gasteiger partial charge in [0, 0.05) is 6.42 Å². The molecular weight excluding hydrogens is 188 g/mol. The first kappa shape index (κ1) is 11.8. The highest BCUT2D eigenvalue weighted by molar-refractivity contribution is 5.75.